The van der Waals surface area contributed by atoms with Crippen LogP contribution in [0.3, 0.4) is 0 Å². The molecule has 28 heavy (non-hydrogen) atoms. The average molecular weight is 403 g/mol. The number of ether oxygens (including phenoxy) is 2. The predicted molar refractivity (Wildman–Crippen MR) is 100 cm³/mol. The molecule has 1 amide bonds. The van der Waals surface area contributed by atoms with E-state index in [1.54, 1.807) is 18.2 Å². The molecule has 0 spiro atoms. The van der Waals surface area contributed by atoms with Crippen LogP contribution >= 0.6 is 0 Å². The Morgan fingerprint density at radius 1 is 1.00 bits per heavy atom. The number of nitrogens with zero attached hydrogens (tertiary/aromatic N) is 2. The van der Waals surface area contributed by atoms with Crippen molar-refractivity contribution < 1.29 is 27.1 Å². The number of aromatic nitrogens is 2. The monoisotopic (exact) mass is 403 g/mol. The molecule has 0 fully saturated rings. The molecule has 0 aliphatic heterocycles. The summed E-state index contributed by atoms with van der Waals surface area (Å²) in [4.78, 5) is 12.4. The summed E-state index contributed by atoms with van der Waals surface area (Å²) in [5, 5.41) is 10.2. The zero-order valence-electron chi connectivity index (χ0n) is 15.3. The summed E-state index contributed by atoms with van der Waals surface area (Å²) in [6.45, 7) is 0. The number of rotatable bonds is 6. The molecule has 9 nitrogen and oxygen atoms in total. The fourth-order valence-corrected chi connectivity index (χ4v) is 2.97. The predicted octanol–water partition coefficient (Wildman–Crippen LogP) is 2.41. The van der Waals surface area contributed by atoms with E-state index in [0.29, 0.717) is 17.1 Å². The lowest BCUT2D eigenvalue weighted by Crippen LogP contribution is -2.12. The molecule has 2 aromatic carbocycles. The molecule has 0 aliphatic carbocycles. The van der Waals surface area contributed by atoms with Crippen LogP contribution in [0, 0.1) is 0 Å². The number of hydrogen-bond acceptors (Lipinski definition) is 8. The Morgan fingerprint density at radius 3 is 2.14 bits per heavy atom. The molecule has 146 valence electrons. The Hall–Kier alpha value is -3.40. The average Bonchev–Trinajstić information content (AvgIpc) is 3.15. The number of hydrogen-bond donors (Lipinski definition) is 1. The molecule has 1 aromatic heterocycles. The first-order chi connectivity index (χ1) is 13.3. The maximum Gasteiger partial charge on any atom is 0.322 e. The number of benzene rings is 2. The van der Waals surface area contributed by atoms with Gasteiger partial charge in [-0.25, -0.2) is 8.42 Å². The molecule has 10 heteroatoms. The number of anilines is 1. The molecular weight excluding hydrogens is 386 g/mol. The molecule has 1 heterocycles. The molecule has 1 N–H and O–H groups in total. The first-order valence-corrected chi connectivity index (χ1v) is 9.87. The molecule has 0 unspecified atom stereocenters. The van der Waals surface area contributed by atoms with Gasteiger partial charge in [0.25, 0.3) is 5.91 Å². The van der Waals surface area contributed by atoms with Crippen LogP contribution in [0.25, 0.3) is 11.5 Å². The summed E-state index contributed by atoms with van der Waals surface area (Å²) in [7, 11) is -0.294. The van der Waals surface area contributed by atoms with E-state index in [9.17, 15) is 13.2 Å². The molecule has 0 saturated carbocycles. The van der Waals surface area contributed by atoms with Gasteiger partial charge in [-0.3, -0.25) is 10.1 Å². The second-order valence-corrected chi connectivity index (χ2v) is 7.78. The number of amides is 1. The van der Waals surface area contributed by atoms with E-state index >= 15 is 0 Å². The zero-order valence-corrected chi connectivity index (χ0v) is 16.1. The third-order valence-electron chi connectivity index (χ3n) is 3.79. The van der Waals surface area contributed by atoms with Gasteiger partial charge >= 0.3 is 6.01 Å². The van der Waals surface area contributed by atoms with Gasteiger partial charge < -0.3 is 13.9 Å². The maximum absolute atomic E-state index is 12.3. The first kappa shape index (κ1) is 19.4. The van der Waals surface area contributed by atoms with Crippen molar-refractivity contribution in [2.45, 2.75) is 4.90 Å². The lowest BCUT2D eigenvalue weighted by Gasteiger charge is -2.05. The Bertz CT molecular complexity index is 1080. The van der Waals surface area contributed by atoms with Crippen molar-refractivity contribution in [3.8, 4) is 23.0 Å². The second kappa shape index (κ2) is 7.69. The van der Waals surface area contributed by atoms with Gasteiger partial charge in [-0.1, -0.05) is 5.10 Å². The van der Waals surface area contributed by atoms with Crippen LogP contribution in [0.15, 0.2) is 51.8 Å². The van der Waals surface area contributed by atoms with E-state index in [2.05, 4.69) is 15.5 Å². The second-order valence-electron chi connectivity index (χ2n) is 5.76. The van der Waals surface area contributed by atoms with Crippen molar-refractivity contribution in [2.75, 3.05) is 25.8 Å². The van der Waals surface area contributed by atoms with Gasteiger partial charge in [-0.2, -0.15) is 0 Å². The smallest absolute Gasteiger partial charge is 0.322 e. The quantitative estimate of drug-likeness (QED) is 0.666. The van der Waals surface area contributed by atoms with Crippen LogP contribution in [0.4, 0.5) is 6.01 Å². The SMILES string of the molecule is COc1cc(OC)cc(-c2nnc(NC(=O)c3ccc(S(C)(=O)=O)cc3)o2)c1. The van der Waals surface area contributed by atoms with Crippen molar-refractivity contribution in [1.29, 1.82) is 0 Å². The summed E-state index contributed by atoms with van der Waals surface area (Å²) in [5.74, 6) is 0.742. The topological polar surface area (TPSA) is 121 Å². The summed E-state index contributed by atoms with van der Waals surface area (Å²) in [6, 6.07) is 10.5. The number of carbonyl (C=O) groups is 1. The minimum atomic E-state index is -3.34. The Kier molecular flexibility index (Phi) is 5.32. The molecule has 0 bridgehead atoms. The number of methoxy groups -OCH3 is 2. The number of sulfone groups is 1. The van der Waals surface area contributed by atoms with Gasteiger partial charge in [0.05, 0.1) is 19.1 Å². The molecule has 0 atom stereocenters. The summed E-state index contributed by atoms with van der Waals surface area (Å²) < 4.78 is 38.8. The standard InChI is InChI=1S/C18H17N3O6S/c1-25-13-8-12(9-14(10-13)26-2)17-20-21-18(27-17)19-16(22)11-4-6-15(7-5-11)28(3,23)24/h4-10H,1-3H3,(H,19,21,22). The summed E-state index contributed by atoms with van der Waals surface area (Å²) >= 11 is 0. The van der Waals surface area contributed by atoms with Crippen molar-refractivity contribution in [1.82, 2.24) is 10.2 Å². The molecule has 0 radical (unpaired) electrons. The van der Waals surface area contributed by atoms with E-state index in [1.807, 2.05) is 0 Å². The number of nitrogens with one attached hydrogen (secondary N) is 1. The highest BCUT2D eigenvalue weighted by molar-refractivity contribution is 7.90. The van der Waals surface area contributed by atoms with Gasteiger partial charge in [0.2, 0.25) is 5.89 Å². The molecule has 0 aliphatic rings. The van der Waals surface area contributed by atoms with Gasteiger partial charge in [-0.05, 0) is 36.4 Å². The van der Waals surface area contributed by atoms with E-state index in [0.717, 1.165) is 6.26 Å². The Labute approximate surface area is 161 Å². The number of carbonyl (C=O) groups excluding carboxylic acids is 1. The Morgan fingerprint density at radius 2 is 1.61 bits per heavy atom. The summed E-state index contributed by atoms with van der Waals surface area (Å²) in [5.41, 5.74) is 0.803. The minimum Gasteiger partial charge on any atom is -0.497 e. The highest BCUT2D eigenvalue weighted by Crippen LogP contribution is 2.29. The first-order valence-electron chi connectivity index (χ1n) is 7.98. The van der Waals surface area contributed by atoms with Crippen LogP contribution in [-0.4, -0.2) is 45.0 Å². The fourth-order valence-electron chi connectivity index (χ4n) is 2.34. The van der Waals surface area contributed by atoms with Crippen LogP contribution < -0.4 is 14.8 Å². The van der Waals surface area contributed by atoms with E-state index in [-0.39, 0.29) is 22.4 Å². The molecule has 3 aromatic rings. The van der Waals surface area contributed by atoms with Crippen molar-refractivity contribution in [3.63, 3.8) is 0 Å². The lowest BCUT2D eigenvalue weighted by atomic mass is 10.2. The Balaban J connectivity index is 1.78. The highest BCUT2D eigenvalue weighted by Gasteiger charge is 2.15. The molecular formula is C18H17N3O6S. The van der Waals surface area contributed by atoms with E-state index < -0.39 is 15.7 Å². The van der Waals surface area contributed by atoms with Gasteiger partial charge in [0.15, 0.2) is 9.84 Å². The summed E-state index contributed by atoms with van der Waals surface area (Å²) in [6.07, 6.45) is 1.09. The largest absolute Gasteiger partial charge is 0.497 e. The van der Waals surface area contributed by atoms with Crippen molar-refractivity contribution in [3.05, 3.63) is 48.0 Å². The maximum atomic E-state index is 12.3. The van der Waals surface area contributed by atoms with Crippen LogP contribution in [0.1, 0.15) is 10.4 Å². The molecule has 3 rings (SSSR count). The minimum absolute atomic E-state index is 0.103. The lowest BCUT2D eigenvalue weighted by molar-refractivity contribution is 0.102. The van der Waals surface area contributed by atoms with Crippen LogP contribution in [0.5, 0.6) is 11.5 Å². The van der Waals surface area contributed by atoms with Crippen LogP contribution in [-0.2, 0) is 9.84 Å². The molecule has 0 saturated heterocycles. The van der Waals surface area contributed by atoms with Gasteiger partial charge in [0.1, 0.15) is 11.5 Å². The van der Waals surface area contributed by atoms with Crippen molar-refractivity contribution in [2.24, 2.45) is 0 Å². The van der Waals surface area contributed by atoms with E-state index in [1.165, 1.54) is 38.5 Å². The third-order valence-corrected chi connectivity index (χ3v) is 4.92. The van der Waals surface area contributed by atoms with Gasteiger partial charge in [0, 0.05) is 23.4 Å². The van der Waals surface area contributed by atoms with Crippen molar-refractivity contribution >= 4 is 21.8 Å². The zero-order chi connectivity index (χ0) is 20.3. The highest BCUT2D eigenvalue weighted by atomic mass is 32.2. The fraction of sp³-hybridized carbons (Fsp3) is 0.167. The van der Waals surface area contributed by atoms with Gasteiger partial charge in [-0.15, -0.1) is 5.10 Å². The third kappa shape index (κ3) is 4.29. The normalized spacial score (nSPS) is 11.1. The van der Waals surface area contributed by atoms with E-state index in [4.69, 9.17) is 13.9 Å². The van der Waals surface area contributed by atoms with Crippen LogP contribution in [0.2, 0.25) is 0 Å².